The molecular weight excluding hydrogens is 632 g/mol. The first-order valence-electron chi connectivity index (χ1n) is 18.7. The van der Waals surface area contributed by atoms with Gasteiger partial charge in [0.05, 0.1) is 42.7 Å². The lowest BCUT2D eigenvalue weighted by Crippen LogP contribution is -2.55. The van der Waals surface area contributed by atoms with E-state index in [1.165, 1.54) is 5.56 Å². The second-order valence-electron chi connectivity index (χ2n) is 15.2. The number of aryl methyl sites for hydroxylation is 1. The van der Waals surface area contributed by atoms with Crippen LogP contribution in [-0.2, 0) is 35.1 Å². The van der Waals surface area contributed by atoms with Crippen LogP contribution in [0.4, 0.5) is 0 Å². The van der Waals surface area contributed by atoms with Gasteiger partial charge in [0.15, 0.2) is 5.78 Å². The maximum atomic E-state index is 14.2. The van der Waals surface area contributed by atoms with E-state index < -0.39 is 30.2 Å². The van der Waals surface area contributed by atoms with Crippen LogP contribution >= 0.6 is 0 Å². The van der Waals surface area contributed by atoms with Crippen LogP contribution < -0.4 is 5.73 Å². The predicted octanol–water partition coefficient (Wildman–Crippen LogP) is 5.01. The van der Waals surface area contributed by atoms with E-state index in [1.807, 2.05) is 62.9 Å². The lowest BCUT2D eigenvalue weighted by Gasteiger charge is -2.41. The SMILES string of the molecule is CC[C@H](C)[C@@H]([C@@H](CC(=O)N1CCC[C@H]1[C@H](OC)[C@@H](C)C(=O)CCCc1ccccc1)OC)N(C)C(=O)[C@@H](CC(=O)[C@H](C(C)C)N(C)C)[C@H](C)N. The zero-order chi connectivity index (χ0) is 37.7. The summed E-state index contributed by atoms with van der Waals surface area (Å²) in [6.45, 7) is 12.4. The van der Waals surface area contributed by atoms with Gasteiger partial charge in [0.2, 0.25) is 11.8 Å². The van der Waals surface area contributed by atoms with E-state index in [0.717, 1.165) is 32.1 Å². The molecule has 1 heterocycles. The number of amides is 2. The molecule has 9 atom stereocenters. The summed E-state index contributed by atoms with van der Waals surface area (Å²) in [5.41, 5.74) is 7.58. The Balaban J connectivity index is 2.21. The van der Waals surface area contributed by atoms with E-state index in [1.54, 1.807) is 33.1 Å². The molecule has 1 aliphatic heterocycles. The zero-order valence-corrected chi connectivity index (χ0v) is 32.9. The number of nitrogens with two attached hydrogens (primary N) is 1. The molecular formula is C40H68N4O6. The van der Waals surface area contributed by atoms with Crippen molar-refractivity contribution in [2.24, 2.45) is 29.4 Å². The molecule has 1 aromatic carbocycles. The highest BCUT2D eigenvalue weighted by molar-refractivity contribution is 5.90. The fourth-order valence-electron chi connectivity index (χ4n) is 8.03. The van der Waals surface area contributed by atoms with E-state index in [4.69, 9.17) is 15.2 Å². The van der Waals surface area contributed by atoms with Crippen LogP contribution in [0.25, 0.3) is 0 Å². The van der Waals surface area contributed by atoms with Crippen LogP contribution in [0.15, 0.2) is 30.3 Å². The van der Waals surface area contributed by atoms with Crippen LogP contribution in [0.1, 0.15) is 92.1 Å². The normalized spacial score (nSPS) is 19.8. The van der Waals surface area contributed by atoms with Crippen LogP contribution in [-0.4, -0.2) is 116 Å². The second-order valence-corrected chi connectivity index (χ2v) is 15.2. The van der Waals surface area contributed by atoms with Gasteiger partial charge < -0.3 is 25.0 Å². The third kappa shape index (κ3) is 11.7. The maximum Gasteiger partial charge on any atom is 0.227 e. The summed E-state index contributed by atoms with van der Waals surface area (Å²) >= 11 is 0. The molecule has 0 bridgehead atoms. The van der Waals surface area contributed by atoms with Gasteiger partial charge in [0.25, 0.3) is 0 Å². The molecule has 50 heavy (non-hydrogen) atoms. The summed E-state index contributed by atoms with van der Waals surface area (Å²) in [4.78, 5) is 60.5. The molecule has 1 saturated heterocycles. The topological polar surface area (TPSA) is 122 Å². The van der Waals surface area contributed by atoms with Crippen molar-refractivity contribution in [1.82, 2.24) is 14.7 Å². The quantitative estimate of drug-likeness (QED) is 0.179. The Hall–Kier alpha value is -2.66. The van der Waals surface area contributed by atoms with Gasteiger partial charge in [-0.3, -0.25) is 24.1 Å². The molecule has 2 N–H and O–H groups in total. The minimum Gasteiger partial charge on any atom is -0.379 e. The third-order valence-corrected chi connectivity index (χ3v) is 11.0. The largest absolute Gasteiger partial charge is 0.379 e. The van der Waals surface area contributed by atoms with Crippen molar-refractivity contribution in [1.29, 1.82) is 0 Å². The Morgan fingerprint density at radius 3 is 2.10 bits per heavy atom. The molecule has 1 aromatic rings. The van der Waals surface area contributed by atoms with Gasteiger partial charge in [-0.25, -0.2) is 0 Å². The summed E-state index contributed by atoms with van der Waals surface area (Å²) in [5, 5.41) is 0. The predicted molar refractivity (Wildman–Crippen MR) is 200 cm³/mol. The number of hydrogen-bond donors (Lipinski definition) is 1. The highest BCUT2D eigenvalue weighted by Gasteiger charge is 2.43. The van der Waals surface area contributed by atoms with Crippen LogP contribution in [0.5, 0.6) is 0 Å². The molecule has 1 fully saturated rings. The maximum absolute atomic E-state index is 14.2. The minimum absolute atomic E-state index is 0.00551. The molecule has 2 amide bonds. The highest BCUT2D eigenvalue weighted by atomic mass is 16.5. The molecule has 0 unspecified atom stereocenters. The lowest BCUT2D eigenvalue weighted by atomic mass is 9.85. The molecule has 2 rings (SSSR count). The molecule has 10 heteroatoms. The first-order chi connectivity index (χ1) is 23.6. The summed E-state index contributed by atoms with van der Waals surface area (Å²) in [5.74, 6) is -1.13. The number of likely N-dealkylation sites (tertiary alicyclic amines) is 1. The molecule has 0 radical (unpaired) electrons. The minimum atomic E-state index is -0.703. The fraction of sp³-hybridized carbons (Fsp3) is 0.750. The number of ether oxygens (including phenoxy) is 2. The van der Waals surface area contributed by atoms with E-state index in [2.05, 4.69) is 26.0 Å². The first-order valence-corrected chi connectivity index (χ1v) is 18.7. The summed E-state index contributed by atoms with van der Waals surface area (Å²) in [7, 11) is 8.70. The Morgan fingerprint density at radius 1 is 0.940 bits per heavy atom. The van der Waals surface area contributed by atoms with E-state index in [0.29, 0.717) is 13.0 Å². The molecule has 10 nitrogen and oxygen atoms in total. The van der Waals surface area contributed by atoms with E-state index in [9.17, 15) is 19.2 Å². The van der Waals surface area contributed by atoms with E-state index >= 15 is 0 Å². The van der Waals surface area contributed by atoms with Crippen molar-refractivity contribution in [3.05, 3.63) is 35.9 Å². The number of benzene rings is 1. The molecule has 0 aliphatic carbocycles. The van der Waals surface area contributed by atoms with Crippen molar-refractivity contribution in [2.75, 3.05) is 41.9 Å². The number of nitrogens with zero attached hydrogens (tertiary/aromatic N) is 3. The zero-order valence-electron chi connectivity index (χ0n) is 32.9. The van der Waals surface area contributed by atoms with Gasteiger partial charge in [-0.1, -0.05) is 71.4 Å². The second kappa shape index (κ2) is 21.0. The smallest absolute Gasteiger partial charge is 0.227 e. The monoisotopic (exact) mass is 701 g/mol. The number of ketones is 2. The Bertz CT molecular complexity index is 1200. The number of Topliss-reactive ketones (excluding diaryl/α,β-unsaturated/α-hetero) is 2. The fourth-order valence-corrected chi connectivity index (χ4v) is 8.03. The molecule has 284 valence electrons. The van der Waals surface area contributed by atoms with Crippen LogP contribution in [0.2, 0.25) is 0 Å². The number of likely N-dealkylation sites (N-methyl/N-ethyl adjacent to an activating group) is 2. The number of methoxy groups -OCH3 is 2. The molecule has 0 saturated carbocycles. The van der Waals surface area contributed by atoms with Crippen molar-refractivity contribution >= 4 is 23.4 Å². The van der Waals surface area contributed by atoms with Gasteiger partial charge in [-0.2, -0.15) is 0 Å². The molecule has 1 aliphatic rings. The van der Waals surface area contributed by atoms with Crippen LogP contribution in [0.3, 0.4) is 0 Å². The number of hydrogen-bond acceptors (Lipinski definition) is 8. The van der Waals surface area contributed by atoms with Gasteiger partial charge in [-0.05, 0) is 64.1 Å². The Kier molecular flexibility index (Phi) is 18.3. The molecule has 0 spiro atoms. The third-order valence-electron chi connectivity index (χ3n) is 11.0. The number of rotatable bonds is 22. The van der Waals surface area contributed by atoms with Crippen molar-refractivity contribution in [3.63, 3.8) is 0 Å². The first kappa shape index (κ1) is 43.5. The average molecular weight is 701 g/mol. The summed E-state index contributed by atoms with van der Waals surface area (Å²) in [6.07, 6.45) is 3.53. The van der Waals surface area contributed by atoms with Gasteiger partial charge in [-0.15, -0.1) is 0 Å². The van der Waals surface area contributed by atoms with Crippen molar-refractivity contribution < 1.29 is 28.7 Å². The summed E-state index contributed by atoms with van der Waals surface area (Å²) < 4.78 is 12.0. The standard InChI is InChI=1S/C40H68N4O6/c1-12-27(4)38(43(9)40(48)31(29(6)41)24-34(46)37(26(2)3)42(7)8)35(49-10)25-36(47)44-23-17-21-32(44)39(50-11)28(5)33(45)22-16-20-30-18-14-13-15-19-30/h13-15,18-19,26-29,31-32,35,37-39H,12,16-17,20-25,41H2,1-11H3/t27-,28-,29-,31-,32-,35+,37-,38-,39+/m0/s1. The van der Waals surface area contributed by atoms with Gasteiger partial charge >= 0.3 is 0 Å². The number of carbonyl (C=O) groups excluding carboxylic acids is 4. The van der Waals surface area contributed by atoms with Crippen LogP contribution in [0, 0.1) is 23.7 Å². The van der Waals surface area contributed by atoms with Crippen molar-refractivity contribution in [3.8, 4) is 0 Å². The number of carbonyl (C=O) groups is 4. The lowest BCUT2D eigenvalue weighted by molar-refractivity contribution is -0.148. The van der Waals surface area contributed by atoms with Crippen molar-refractivity contribution in [2.45, 2.75) is 129 Å². The molecule has 0 aromatic heterocycles. The highest BCUT2D eigenvalue weighted by Crippen LogP contribution is 2.31. The average Bonchev–Trinajstić information content (AvgIpc) is 3.56. The van der Waals surface area contributed by atoms with Gasteiger partial charge in [0, 0.05) is 52.6 Å². The van der Waals surface area contributed by atoms with E-state index in [-0.39, 0.29) is 66.1 Å². The summed E-state index contributed by atoms with van der Waals surface area (Å²) in [6, 6.07) is 8.66. The Morgan fingerprint density at radius 2 is 1.58 bits per heavy atom. The Labute approximate surface area is 302 Å². The van der Waals surface area contributed by atoms with Gasteiger partial charge in [0.1, 0.15) is 5.78 Å².